The number of amides is 1. The fraction of sp³-hybridized carbons (Fsp3) is 0.444. The van der Waals surface area contributed by atoms with Gasteiger partial charge in [-0.2, -0.15) is 0 Å². The third-order valence-corrected chi connectivity index (χ3v) is 4.01. The van der Waals surface area contributed by atoms with E-state index in [1.807, 2.05) is 27.7 Å². The summed E-state index contributed by atoms with van der Waals surface area (Å²) in [5.41, 5.74) is 1.98. The van der Waals surface area contributed by atoms with Gasteiger partial charge in [-0.3, -0.25) is 4.68 Å². The number of aliphatic hydroxyl groups is 1. The van der Waals surface area contributed by atoms with Crippen molar-refractivity contribution < 1.29 is 14.6 Å². The highest BCUT2D eigenvalue weighted by molar-refractivity contribution is 6.34. The summed E-state index contributed by atoms with van der Waals surface area (Å²) in [7, 11) is 0. The quantitative estimate of drug-likeness (QED) is 0.797. The highest BCUT2D eigenvalue weighted by Crippen LogP contribution is 2.27. The van der Waals surface area contributed by atoms with Gasteiger partial charge in [-0.15, -0.1) is 5.10 Å². The molecule has 2 rings (SSSR count). The third kappa shape index (κ3) is 5.62. The van der Waals surface area contributed by atoms with Crippen LogP contribution in [0.3, 0.4) is 0 Å². The number of aliphatic hydroxyl groups excluding tert-OH is 1. The van der Waals surface area contributed by atoms with Crippen LogP contribution in [0.25, 0.3) is 0 Å². The van der Waals surface area contributed by atoms with Crippen LogP contribution in [0, 0.1) is 6.92 Å². The van der Waals surface area contributed by atoms with Gasteiger partial charge in [0, 0.05) is 33.3 Å². The van der Waals surface area contributed by atoms with Crippen molar-refractivity contribution in [3.63, 3.8) is 0 Å². The highest BCUT2D eigenvalue weighted by Gasteiger charge is 2.22. The minimum Gasteiger partial charge on any atom is -0.394 e. The number of halogens is 2. The van der Waals surface area contributed by atoms with Crippen molar-refractivity contribution >= 4 is 29.3 Å². The molecule has 6 nitrogen and oxygen atoms in total. The predicted octanol–water partition coefficient (Wildman–Crippen LogP) is 3.97. The molecule has 0 radical (unpaired) electrons. The number of benzene rings is 1. The first kappa shape index (κ1) is 20.6. The molecule has 0 aliphatic heterocycles. The molecule has 8 heteroatoms. The summed E-state index contributed by atoms with van der Waals surface area (Å²) >= 11 is 12.1. The Morgan fingerprint density at radius 3 is 2.42 bits per heavy atom. The second kappa shape index (κ2) is 8.29. The number of hydrogen-bond acceptors (Lipinski definition) is 4. The summed E-state index contributed by atoms with van der Waals surface area (Å²) in [4.78, 5) is 12.1. The Morgan fingerprint density at radius 1 is 1.27 bits per heavy atom. The summed E-state index contributed by atoms with van der Waals surface area (Å²) in [6.07, 6.45) is -0.146. The van der Waals surface area contributed by atoms with Crippen molar-refractivity contribution in [1.29, 1.82) is 0 Å². The Labute approximate surface area is 163 Å². The van der Waals surface area contributed by atoms with Gasteiger partial charge in [0.25, 0.3) is 0 Å². The zero-order valence-electron chi connectivity index (χ0n) is 15.3. The van der Waals surface area contributed by atoms with E-state index in [1.54, 1.807) is 22.9 Å². The van der Waals surface area contributed by atoms with Crippen LogP contribution in [0.15, 0.2) is 18.2 Å². The lowest BCUT2D eigenvalue weighted by Crippen LogP contribution is -2.42. The molecule has 2 N–H and O–H groups in total. The van der Waals surface area contributed by atoms with E-state index in [0.717, 1.165) is 16.8 Å². The normalized spacial score (nSPS) is 11.5. The fourth-order valence-electron chi connectivity index (χ4n) is 2.49. The van der Waals surface area contributed by atoms with Crippen LogP contribution in [0.5, 0.6) is 5.88 Å². The largest absolute Gasteiger partial charge is 0.414 e. The second-order valence-electron chi connectivity index (χ2n) is 7.03. The molecule has 0 saturated heterocycles. The van der Waals surface area contributed by atoms with Crippen LogP contribution in [0.1, 0.15) is 37.6 Å². The number of ether oxygens (including phenoxy) is 1. The molecule has 0 atom stereocenters. The van der Waals surface area contributed by atoms with Crippen LogP contribution < -0.4 is 10.1 Å². The fourth-order valence-corrected chi connectivity index (χ4v) is 3.06. The van der Waals surface area contributed by atoms with Gasteiger partial charge >= 0.3 is 6.09 Å². The van der Waals surface area contributed by atoms with Gasteiger partial charge in [0.05, 0.1) is 13.2 Å². The van der Waals surface area contributed by atoms with Gasteiger partial charge in [-0.05, 0) is 51.5 Å². The molecule has 0 aliphatic rings. The number of nitrogens with one attached hydrogen (secondary N) is 1. The molecule has 1 aromatic heterocycles. The van der Waals surface area contributed by atoms with E-state index in [0.29, 0.717) is 23.0 Å². The Hall–Kier alpha value is -1.76. The van der Waals surface area contributed by atoms with Crippen LogP contribution in [0.4, 0.5) is 4.79 Å². The highest BCUT2D eigenvalue weighted by atomic mass is 35.5. The number of rotatable bonds is 5. The van der Waals surface area contributed by atoms with Crippen LogP contribution in [-0.4, -0.2) is 33.1 Å². The average molecular weight is 400 g/mol. The Balaban J connectivity index is 2.34. The number of hydrogen-bond donors (Lipinski definition) is 2. The van der Waals surface area contributed by atoms with Crippen molar-refractivity contribution in [2.45, 2.75) is 46.2 Å². The first-order valence-corrected chi connectivity index (χ1v) is 8.97. The van der Waals surface area contributed by atoms with E-state index in [2.05, 4.69) is 10.4 Å². The predicted molar refractivity (Wildman–Crippen MR) is 102 cm³/mol. The zero-order valence-corrected chi connectivity index (χ0v) is 16.8. The monoisotopic (exact) mass is 399 g/mol. The maximum Gasteiger partial charge on any atom is 0.414 e. The van der Waals surface area contributed by atoms with Crippen LogP contribution >= 0.6 is 23.2 Å². The molecular formula is C18H23Cl2N3O3. The first-order chi connectivity index (χ1) is 12.1. The molecule has 26 heavy (non-hydrogen) atoms. The molecule has 1 amide bonds. The molecule has 142 valence electrons. The Morgan fingerprint density at radius 2 is 1.88 bits per heavy atom. The van der Waals surface area contributed by atoms with Gasteiger partial charge in [-0.1, -0.05) is 23.2 Å². The van der Waals surface area contributed by atoms with E-state index < -0.39 is 11.6 Å². The number of aromatic nitrogens is 2. The molecule has 1 heterocycles. The standard InChI is InChI=1S/C18H23Cl2N3O3/c1-11-15(9-12-7-13(19)10-14(20)8-12)16(22-23(11)5-6-24)26-17(25)21-18(2,3)4/h7-8,10,24H,5-6,9H2,1-4H3,(H,21,25). The van der Waals surface area contributed by atoms with Crippen molar-refractivity contribution in [1.82, 2.24) is 15.1 Å². The second-order valence-corrected chi connectivity index (χ2v) is 7.91. The average Bonchev–Trinajstić information content (AvgIpc) is 2.73. The number of carbonyl (C=O) groups excluding carboxylic acids is 1. The molecule has 0 bridgehead atoms. The zero-order chi connectivity index (χ0) is 19.5. The van der Waals surface area contributed by atoms with E-state index >= 15 is 0 Å². The van der Waals surface area contributed by atoms with Gasteiger partial charge < -0.3 is 15.2 Å². The summed E-state index contributed by atoms with van der Waals surface area (Å²) < 4.78 is 7.04. The summed E-state index contributed by atoms with van der Waals surface area (Å²) in [5, 5.41) is 17.3. The van der Waals surface area contributed by atoms with Gasteiger partial charge in [-0.25, -0.2) is 4.79 Å². The van der Waals surface area contributed by atoms with Crippen molar-refractivity contribution in [2.24, 2.45) is 0 Å². The number of nitrogens with zero attached hydrogens (tertiary/aromatic N) is 2. The topological polar surface area (TPSA) is 76.4 Å². The lowest BCUT2D eigenvalue weighted by molar-refractivity contribution is 0.187. The first-order valence-electron chi connectivity index (χ1n) is 8.21. The van der Waals surface area contributed by atoms with Crippen molar-refractivity contribution in [3.05, 3.63) is 45.1 Å². The smallest absolute Gasteiger partial charge is 0.394 e. The van der Waals surface area contributed by atoms with Crippen molar-refractivity contribution in [2.75, 3.05) is 6.61 Å². The maximum atomic E-state index is 12.1. The van der Waals surface area contributed by atoms with Gasteiger partial charge in [0.15, 0.2) is 0 Å². The van der Waals surface area contributed by atoms with Gasteiger partial charge in [0.1, 0.15) is 0 Å². The molecule has 0 unspecified atom stereocenters. The minimum absolute atomic E-state index is 0.0709. The molecule has 0 saturated carbocycles. The van der Waals surface area contributed by atoms with E-state index in [1.165, 1.54) is 0 Å². The summed E-state index contributed by atoms with van der Waals surface area (Å²) in [6, 6.07) is 5.26. The summed E-state index contributed by atoms with van der Waals surface area (Å²) in [6.45, 7) is 7.67. The Bertz CT molecular complexity index is 777. The molecule has 0 fully saturated rings. The molecule has 2 aromatic rings. The lowest BCUT2D eigenvalue weighted by Gasteiger charge is -2.19. The molecule has 0 aliphatic carbocycles. The van der Waals surface area contributed by atoms with E-state index in [9.17, 15) is 9.90 Å². The molecular weight excluding hydrogens is 377 g/mol. The minimum atomic E-state index is -0.587. The van der Waals surface area contributed by atoms with E-state index in [-0.39, 0.29) is 12.5 Å². The number of carbonyl (C=O) groups is 1. The molecule has 1 aromatic carbocycles. The SMILES string of the molecule is Cc1c(Cc2cc(Cl)cc(Cl)c2)c(OC(=O)NC(C)(C)C)nn1CCO. The van der Waals surface area contributed by atoms with Crippen LogP contribution in [-0.2, 0) is 13.0 Å². The van der Waals surface area contributed by atoms with Crippen LogP contribution in [0.2, 0.25) is 10.0 Å². The van der Waals surface area contributed by atoms with Gasteiger partial charge in [0.2, 0.25) is 5.88 Å². The molecule has 0 spiro atoms. The maximum absolute atomic E-state index is 12.1. The van der Waals surface area contributed by atoms with Crippen molar-refractivity contribution in [3.8, 4) is 5.88 Å². The Kier molecular flexibility index (Phi) is 6.55. The van der Waals surface area contributed by atoms with E-state index in [4.69, 9.17) is 27.9 Å². The summed E-state index contributed by atoms with van der Waals surface area (Å²) in [5.74, 6) is 0.203. The lowest BCUT2D eigenvalue weighted by atomic mass is 10.1. The third-order valence-electron chi connectivity index (χ3n) is 3.58.